The van der Waals surface area contributed by atoms with E-state index in [9.17, 15) is 14.4 Å². The highest BCUT2D eigenvalue weighted by atomic mass is 35.5. The molecule has 5 aliphatic rings. The standard InChI is InChI=1S/C24H30ClN5O4/c1-28-18-8-16(25)11-27-20(18)30(22(28)32)17-3-5-29(12-17)23(33)34-19-14-2-4-24(21(26)31)9-13(6-14)7-15(19)10-24/h8,11,13-15,17,19H,2-7,9-10,12H2,1H3,(H2,26,31). The molecule has 34 heavy (non-hydrogen) atoms. The Bertz CT molecular complexity index is 1240. The Morgan fingerprint density at radius 3 is 2.82 bits per heavy atom. The predicted octanol–water partition coefficient (Wildman–Crippen LogP) is 2.84. The lowest BCUT2D eigenvalue weighted by Crippen LogP contribution is -2.49. The van der Waals surface area contributed by atoms with Crippen molar-refractivity contribution in [2.75, 3.05) is 13.1 Å². The minimum Gasteiger partial charge on any atom is -0.446 e. The smallest absolute Gasteiger partial charge is 0.410 e. The van der Waals surface area contributed by atoms with Crippen LogP contribution in [0.15, 0.2) is 17.1 Å². The number of rotatable bonds is 3. The van der Waals surface area contributed by atoms with E-state index >= 15 is 0 Å². The number of aromatic nitrogens is 3. The molecule has 3 heterocycles. The van der Waals surface area contributed by atoms with Crippen LogP contribution in [0.2, 0.25) is 5.02 Å². The first-order valence-electron chi connectivity index (χ1n) is 12.2. The summed E-state index contributed by atoms with van der Waals surface area (Å²) in [5.74, 6) is 0.811. The fourth-order valence-electron chi connectivity index (χ4n) is 7.42. The molecule has 4 bridgehead atoms. The molecule has 2 aromatic rings. The van der Waals surface area contributed by atoms with Gasteiger partial charge in [-0.3, -0.25) is 13.9 Å². The molecule has 4 aliphatic carbocycles. The van der Waals surface area contributed by atoms with Crippen LogP contribution in [0.5, 0.6) is 0 Å². The Morgan fingerprint density at radius 2 is 2.03 bits per heavy atom. The number of primary amides is 1. The van der Waals surface area contributed by atoms with Crippen molar-refractivity contribution in [1.82, 2.24) is 19.0 Å². The maximum atomic E-state index is 13.2. The zero-order chi connectivity index (χ0) is 23.8. The number of hydrogen-bond donors (Lipinski definition) is 1. The summed E-state index contributed by atoms with van der Waals surface area (Å²) >= 11 is 6.08. The molecular weight excluding hydrogens is 458 g/mol. The lowest BCUT2D eigenvalue weighted by atomic mass is 9.60. The second-order valence-corrected chi connectivity index (χ2v) is 11.3. The topological polar surface area (TPSA) is 112 Å². The van der Waals surface area contributed by atoms with Gasteiger partial charge in [-0.25, -0.2) is 14.6 Å². The summed E-state index contributed by atoms with van der Waals surface area (Å²) in [7, 11) is 1.70. The fraction of sp³-hybridized carbons (Fsp3) is 0.667. The summed E-state index contributed by atoms with van der Waals surface area (Å²) in [6, 6.07) is 1.56. The van der Waals surface area contributed by atoms with Gasteiger partial charge in [0.15, 0.2) is 5.65 Å². The highest BCUT2D eigenvalue weighted by molar-refractivity contribution is 6.31. The van der Waals surface area contributed by atoms with Gasteiger partial charge in [-0.05, 0) is 68.8 Å². The Hall–Kier alpha value is -2.55. The van der Waals surface area contributed by atoms with E-state index in [2.05, 4.69) is 4.98 Å². The average Bonchev–Trinajstić information content (AvgIpc) is 3.31. The van der Waals surface area contributed by atoms with Crippen LogP contribution >= 0.6 is 11.6 Å². The number of halogens is 1. The molecule has 0 radical (unpaired) electrons. The van der Waals surface area contributed by atoms with E-state index < -0.39 is 5.41 Å². The van der Waals surface area contributed by atoms with Crippen molar-refractivity contribution in [2.24, 2.45) is 36.0 Å². The highest BCUT2D eigenvalue weighted by Gasteiger charge is 2.55. The van der Waals surface area contributed by atoms with Crippen molar-refractivity contribution in [3.63, 3.8) is 0 Å². The van der Waals surface area contributed by atoms with Crippen LogP contribution in [-0.2, 0) is 16.6 Å². The highest BCUT2D eigenvalue weighted by Crippen LogP contribution is 2.57. The van der Waals surface area contributed by atoms with Crippen LogP contribution in [0.1, 0.15) is 51.0 Å². The number of ether oxygens (including phenoxy) is 1. The third-order valence-corrected chi connectivity index (χ3v) is 9.18. The summed E-state index contributed by atoms with van der Waals surface area (Å²) in [5.41, 5.74) is 6.50. The van der Waals surface area contributed by atoms with E-state index in [0.717, 1.165) is 38.5 Å². The Kier molecular flexibility index (Phi) is 4.99. The largest absolute Gasteiger partial charge is 0.446 e. The molecular formula is C24H30ClN5O4. The number of nitrogens with two attached hydrogens (primary N) is 1. The van der Waals surface area contributed by atoms with Gasteiger partial charge in [-0.2, -0.15) is 0 Å². The summed E-state index contributed by atoms with van der Waals surface area (Å²) in [4.78, 5) is 44.6. The van der Waals surface area contributed by atoms with Crippen molar-refractivity contribution in [3.05, 3.63) is 27.8 Å². The molecule has 10 heteroatoms. The van der Waals surface area contributed by atoms with Gasteiger partial charge in [0.1, 0.15) is 6.10 Å². The van der Waals surface area contributed by atoms with Gasteiger partial charge >= 0.3 is 11.8 Å². The summed E-state index contributed by atoms with van der Waals surface area (Å²) < 4.78 is 9.36. The minimum absolute atomic E-state index is 0.159. The number of aryl methyl sites for hydroxylation is 1. The number of imidazole rings is 1. The number of carbonyl (C=O) groups excluding carboxylic acids is 2. The van der Waals surface area contributed by atoms with E-state index in [1.807, 2.05) is 0 Å². The van der Waals surface area contributed by atoms with E-state index in [-0.39, 0.29) is 35.8 Å². The van der Waals surface area contributed by atoms with Gasteiger partial charge in [-0.15, -0.1) is 0 Å². The first-order chi connectivity index (χ1) is 16.3. The van der Waals surface area contributed by atoms with E-state index in [1.165, 1.54) is 6.20 Å². The number of nitrogens with zero attached hydrogens (tertiary/aromatic N) is 4. The van der Waals surface area contributed by atoms with Crippen molar-refractivity contribution in [1.29, 1.82) is 0 Å². The molecule has 5 fully saturated rings. The average molecular weight is 488 g/mol. The van der Waals surface area contributed by atoms with Crippen LogP contribution in [0.3, 0.4) is 0 Å². The molecule has 2 amide bonds. The van der Waals surface area contributed by atoms with E-state index in [0.29, 0.717) is 47.5 Å². The molecule has 4 saturated carbocycles. The molecule has 182 valence electrons. The number of likely N-dealkylation sites (tertiary alicyclic amines) is 1. The van der Waals surface area contributed by atoms with Crippen molar-refractivity contribution in [3.8, 4) is 0 Å². The predicted molar refractivity (Wildman–Crippen MR) is 125 cm³/mol. The van der Waals surface area contributed by atoms with Gasteiger partial charge in [-0.1, -0.05) is 11.6 Å². The molecule has 7 rings (SSSR count). The molecule has 2 aromatic heterocycles. The Labute approximate surface area is 202 Å². The second-order valence-electron chi connectivity index (χ2n) is 10.9. The third-order valence-electron chi connectivity index (χ3n) is 8.97. The minimum atomic E-state index is -0.423. The van der Waals surface area contributed by atoms with Gasteiger partial charge in [0.05, 0.1) is 16.6 Å². The van der Waals surface area contributed by atoms with Crippen molar-refractivity contribution in [2.45, 2.75) is 57.1 Å². The normalized spacial score (nSPS) is 34.5. The Morgan fingerprint density at radius 1 is 1.24 bits per heavy atom. The van der Waals surface area contributed by atoms with Crippen LogP contribution in [-0.4, -0.2) is 50.2 Å². The lowest BCUT2D eigenvalue weighted by molar-refractivity contribution is -0.134. The van der Waals surface area contributed by atoms with Gasteiger partial charge in [0.2, 0.25) is 5.91 Å². The number of pyridine rings is 1. The number of hydrogen-bond acceptors (Lipinski definition) is 5. The molecule has 1 saturated heterocycles. The van der Waals surface area contributed by atoms with Gasteiger partial charge in [0.25, 0.3) is 0 Å². The summed E-state index contributed by atoms with van der Waals surface area (Å²) in [5, 5.41) is 0.474. The molecule has 1 aliphatic heterocycles. The number of fused-ring (bicyclic) bond motifs is 2. The molecule has 0 aromatic carbocycles. The van der Waals surface area contributed by atoms with Crippen LogP contribution in [0.4, 0.5) is 4.79 Å². The van der Waals surface area contributed by atoms with Crippen molar-refractivity contribution < 1.29 is 14.3 Å². The molecule has 9 nitrogen and oxygen atoms in total. The zero-order valence-electron chi connectivity index (χ0n) is 19.3. The van der Waals surface area contributed by atoms with Crippen LogP contribution in [0.25, 0.3) is 11.2 Å². The van der Waals surface area contributed by atoms with Gasteiger partial charge < -0.3 is 15.4 Å². The molecule has 0 spiro atoms. The zero-order valence-corrected chi connectivity index (χ0v) is 20.0. The first kappa shape index (κ1) is 21.9. The first-order valence-corrected chi connectivity index (χ1v) is 12.6. The maximum Gasteiger partial charge on any atom is 0.410 e. The van der Waals surface area contributed by atoms with Crippen LogP contribution < -0.4 is 11.4 Å². The quantitative estimate of drug-likeness (QED) is 0.715. The van der Waals surface area contributed by atoms with E-state index in [1.54, 1.807) is 27.1 Å². The third kappa shape index (κ3) is 3.26. The lowest BCUT2D eigenvalue weighted by Gasteiger charge is -2.47. The monoisotopic (exact) mass is 487 g/mol. The number of carbonyl (C=O) groups is 2. The fourth-order valence-corrected chi connectivity index (χ4v) is 7.57. The maximum absolute atomic E-state index is 13.2. The SMILES string of the molecule is Cn1c(=O)n(C2CCN(C(=O)OC3C4CCC5(C(N)=O)CC(C4)CC3C5)C2)c2ncc(Cl)cc21. The Balaban J connectivity index is 1.19. The molecule has 6 unspecified atom stereocenters. The summed E-state index contributed by atoms with van der Waals surface area (Å²) in [6.45, 7) is 0.924. The van der Waals surface area contributed by atoms with Crippen molar-refractivity contribution >= 4 is 34.8 Å². The number of amides is 2. The van der Waals surface area contributed by atoms with Gasteiger partial charge in [0, 0.05) is 31.7 Å². The summed E-state index contributed by atoms with van der Waals surface area (Å²) in [6.07, 6.45) is 7.04. The molecule has 2 N–H and O–H groups in total. The second kappa shape index (κ2) is 7.73. The van der Waals surface area contributed by atoms with Crippen LogP contribution in [0, 0.1) is 23.2 Å². The molecule has 6 atom stereocenters. The van der Waals surface area contributed by atoms with E-state index in [4.69, 9.17) is 22.1 Å².